The Morgan fingerprint density at radius 2 is 1.76 bits per heavy atom. The number of benzene rings is 2. The first kappa shape index (κ1) is 15.0. The van der Waals surface area contributed by atoms with Crippen LogP contribution in [0.3, 0.4) is 0 Å². The number of hydrogen-bond acceptors (Lipinski definition) is 3. The molecule has 5 nitrogen and oxygen atoms in total. The van der Waals surface area contributed by atoms with Crippen LogP contribution in [0, 0.1) is 6.92 Å². The van der Waals surface area contributed by atoms with Crippen LogP contribution in [0.1, 0.15) is 5.56 Å². The first-order valence-electron chi connectivity index (χ1n) is 6.27. The molecule has 0 bridgehead atoms. The standard InChI is InChI=1S/C15H16ClN3O2/c1-9-3-4-10(7-12(9)16)18-15(20)19-11-5-6-13(17)14(8-11)21-2/h3-8H,17H2,1-2H3,(H2,18,19,20). The number of halogens is 1. The molecular formula is C15H16ClN3O2. The maximum Gasteiger partial charge on any atom is 0.323 e. The third-order valence-corrected chi connectivity index (χ3v) is 3.33. The van der Waals surface area contributed by atoms with Crippen LogP contribution in [0.5, 0.6) is 5.75 Å². The van der Waals surface area contributed by atoms with Crippen molar-refractivity contribution in [3.63, 3.8) is 0 Å². The van der Waals surface area contributed by atoms with Crippen LogP contribution >= 0.6 is 11.6 Å². The quantitative estimate of drug-likeness (QED) is 0.753. The number of nitrogens with one attached hydrogen (secondary N) is 2. The maximum atomic E-state index is 11.9. The number of nitrogens with two attached hydrogens (primary N) is 1. The fourth-order valence-corrected chi connectivity index (χ4v) is 1.93. The summed E-state index contributed by atoms with van der Waals surface area (Å²) in [6.07, 6.45) is 0. The van der Waals surface area contributed by atoms with E-state index in [9.17, 15) is 4.79 Å². The highest BCUT2D eigenvalue weighted by molar-refractivity contribution is 6.31. The molecule has 0 heterocycles. The molecule has 2 aromatic carbocycles. The molecule has 0 atom stereocenters. The lowest BCUT2D eigenvalue weighted by molar-refractivity contribution is 0.262. The maximum absolute atomic E-state index is 11.9. The molecule has 2 aromatic rings. The molecule has 0 saturated heterocycles. The summed E-state index contributed by atoms with van der Waals surface area (Å²) in [5.74, 6) is 0.506. The highest BCUT2D eigenvalue weighted by atomic mass is 35.5. The van der Waals surface area contributed by atoms with Gasteiger partial charge in [-0.25, -0.2) is 4.79 Å². The minimum absolute atomic E-state index is 0.373. The number of hydrogen-bond donors (Lipinski definition) is 3. The number of nitrogen functional groups attached to an aromatic ring is 1. The van der Waals surface area contributed by atoms with Crippen molar-refractivity contribution in [1.29, 1.82) is 0 Å². The molecule has 0 aromatic heterocycles. The predicted molar refractivity (Wildman–Crippen MR) is 86.2 cm³/mol. The van der Waals surface area contributed by atoms with Crippen molar-refractivity contribution in [1.82, 2.24) is 0 Å². The van der Waals surface area contributed by atoms with Gasteiger partial charge in [-0.3, -0.25) is 0 Å². The molecule has 0 unspecified atom stereocenters. The number of ether oxygens (including phenoxy) is 1. The van der Waals surface area contributed by atoms with E-state index in [1.54, 1.807) is 30.3 Å². The van der Waals surface area contributed by atoms with E-state index < -0.39 is 0 Å². The summed E-state index contributed by atoms with van der Waals surface area (Å²) in [5, 5.41) is 6.00. The van der Waals surface area contributed by atoms with Crippen molar-refractivity contribution in [3.05, 3.63) is 47.0 Å². The predicted octanol–water partition coefficient (Wildman–Crippen LogP) is 3.88. The van der Waals surface area contributed by atoms with Gasteiger partial charge in [0.25, 0.3) is 0 Å². The van der Waals surface area contributed by atoms with E-state index in [2.05, 4.69) is 10.6 Å². The van der Waals surface area contributed by atoms with Crippen LogP contribution in [0.15, 0.2) is 36.4 Å². The Hall–Kier alpha value is -2.40. The highest BCUT2D eigenvalue weighted by Gasteiger charge is 2.06. The molecule has 4 N–H and O–H groups in total. The van der Waals surface area contributed by atoms with Crippen LogP contribution in [0.4, 0.5) is 21.9 Å². The van der Waals surface area contributed by atoms with Crippen LogP contribution in [-0.2, 0) is 0 Å². The van der Waals surface area contributed by atoms with Crippen molar-refractivity contribution >= 4 is 34.7 Å². The van der Waals surface area contributed by atoms with Gasteiger partial charge in [0.1, 0.15) is 5.75 Å². The van der Waals surface area contributed by atoms with E-state index in [4.69, 9.17) is 22.1 Å². The van der Waals surface area contributed by atoms with Crippen molar-refractivity contribution in [2.45, 2.75) is 6.92 Å². The molecule has 0 saturated carbocycles. The zero-order valence-corrected chi connectivity index (χ0v) is 12.5. The average molecular weight is 306 g/mol. The van der Waals surface area contributed by atoms with Gasteiger partial charge in [0.2, 0.25) is 0 Å². The number of aryl methyl sites for hydroxylation is 1. The number of carbonyl (C=O) groups excluding carboxylic acids is 1. The van der Waals surface area contributed by atoms with E-state index in [-0.39, 0.29) is 6.03 Å². The Balaban J connectivity index is 2.06. The first-order valence-corrected chi connectivity index (χ1v) is 6.65. The molecule has 110 valence electrons. The van der Waals surface area contributed by atoms with Crippen LogP contribution in [-0.4, -0.2) is 13.1 Å². The summed E-state index contributed by atoms with van der Waals surface area (Å²) >= 11 is 6.01. The Kier molecular flexibility index (Phi) is 4.55. The second kappa shape index (κ2) is 6.37. The number of rotatable bonds is 3. The van der Waals surface area contributed by atoms with Crippen LogP contribution in [0.25, 0.3) is 0 Å². The molecule has 2 amide bonds. The Morgan fingerprint density at radius 3 is 2.38 bits per heavy atom. The lowest BCUT2D eigenvalue weighted by atomic mass is 10.2. The monoisotopic (exact) mass is 305 g/mol. The lowest BCUT2D eigenvalue weighted by Gasteiger charge is -2.10. The number of carbonyl (C=O) groups is 1. The van der Waals surface area contributed by atoms with Gasteiger partial charge in [-0.2, -0.15) is 0 Å². The van der Waals surface area contributed by atoms with E-state index in [0.29, 0.717) is 27.8 Å². The second-order valence-electron chi connectivity index (χ2n) is 4.50. The van der Waals surface area contributed by atoms with Crippen molar-refractivity contribution in [2.24, 2.45) is 0 Å². The van der Waals surface area contributed by atoms with Gasteiger partial charge in [-0.1, -0.05) is 17.7 Å². The Labute approximate surface area is 128 Å². The number of urea groups is 1. The van der Waals surface area contributed by atoms with Crippen molar-refractivity contribution < 1.29 is 9.53 Å². The first-order chi connectivity index (χ1) is 9.99. The fraction of sp³-hybridized carbons (Fsp3) is 0.133. The number of anilines is 3. The van der Waals surface area contributed by atoms with Crippen LogP contribution in [0.2, 0.25) is 5.02 Å². The Bertz CT molecular complexity index is 674. The molecule has 0 fully saturated rings. The van der Waals surface area contributed by atoms with Crippen LogP contribution < -0.4 is 21.1 Å². The highest BCUT2D eigenvalue weighted by Crippen LogP contribution is 2.25. The van der Waals surface area contributed by atoms with Crippen molar-refractivity contribution in [2.75, 3.05) is 23.5 Å². The topological polar surface area (TPSA) is 76.4 Å². The van der Waals surface area contributed by atoms with Gasteiger partial charge in [0.05, 0.1) is 12.8 Å². The summed E-state index contributed by atoms with van der Waals surface area (Å²) < 4.78 is 5.10. The van der Waals surface area contributed by atoms with Gasteiger partial charge < -0.3 is 21.1 Å². The van der Waals surface area contributed by atoms with Gasteiger partial charge in [-0.05, 0) is 36.8 Å². The summed E-state index contributed by atoms with van der Waals surface area (Å²) in [7, 11) is 1.52. The SMILES string of the molecule is COc1cc(NC(=O)Nc2ccc(C)c(Cl)c2)ccc1N. The molecule has 0 spiro atoms. The van der Waals surface area contributed by atoms with E-state index >= 15 is 0 Å². The van der Waals surface area contributed by atoms with Gasteiger partial charge in [0, 0.05) is 22.5 Å². The second-order valence-corrected chi connectivity index (χ2v) is 4.91. The third kappa shape index (κ3) is 3.79. The lowest BCUT2D eigenvalue weighted by Crippen LogP contribution is -2.19. The Morgan fingerprint density at radius 1 is 1.14 bits per heavy atom. The largest absolute Gasteiger partial charge is 0.495 e. The summed E-state index contributed by atoms with van der Waals surface area (Å²) in [6, 6.07) is 9.95. The smallest absolute Gasteiger partial charge is 0.323 e. The average Bonchev–Trinajstić information content (AvgIpc) is 2.45. The minimum Gasteiger partial charge on any atom is -0.495 e. The zero-order chi connectivity index (χ0) is 15.4. The van der Waals surface area contributed by atoms with Crippen molar-refractivity contribution in [3.8, 4) is 5.75 Å². The number of amides is 2. The molecule has 0 radical (unpaired) electrons. The summed E-state index contributed by atoms with van der Waals surface area (Å²) in [4.78, 5) is 11.9. The third-order valence-electron chi connectivity index (χ3n) is 2.92. The summed E-state index contributed by atoms with van der Waals surface area (Å²) in [6.45, 7) is 1.90. The van der Waals surface area contributed by atoms with E-state index in [0.717, 1.165) is 5.56 Å². The molecule has 0 aliphatic rings. The summed E-state index contributed by atoms with van der Waals surface area (Å²) in [5.41, 5.74) is 8.37. The molecule has 2 rings (SSSR count). The number of methoxy groups -OCH3 is 1. The molecule has 21 heavy (non-hydrogen) atoms. The molecule has 0 aliphatic heterocycles. The zero-order valence-electron chi connectivity index (χ0n) is 11.7. The van der Waals surface area contributed by atoms with Gasteiger partial charge >= 0.3 is 6.03 Å². The van der Waals surface area contributed by atoms with Gasteiger partial charge in [-0.15, -0.1) is 0 Å². The molecule has 0 aliphatic carbocycles. The molecule has 6 heteroatoms. The normalized spacial score (nSPS) is 10.0. The van der Waals surface area contributed by atoms with Gasteiger partial charge in [0.15, 0.2) is 0 Å². The van der Waals surface area contributed by atoms with E-state index in [1.165, 1.54) is 7.11 Å². The minimum atomic E-state index is -0.373. The molecular weight excluding hydrogens is 290 g/mol. The fourth-order valence-electron chi connectivity index (χ4n) is 1.75. The van der Waals surface area contributed by atoms with E-state index in [1.807, 2.05) is 13.0 Å².